The Bertz CT molecular complexity index is 741. The maximum Gasteiger partial charge on any atom is 0.256 e. The van der Waals surface area contributed by atoms with Crippen LogP contribution in [0.3, 0.4) is 0 Å². The molecule has 0 saturated carbocycles. The molecule has 0 aliphatic carbocycles. The Balaban J connectivity index is 2.40. The Morgan fingerprint density at radius 1 is 1.27 bits per heavy atom. The van der Waals surface area contributed by atoms with Crippen LogP contribution in [0.1, 0.15) is 25.0 Å². The van der Waals surface area contributed by atoms with E-state index in [4.69, 9.17) is 10.00 Å². The first kappa shape index (κ1) is 15.6. The van der Waals surface area contributed by atoms with Crippen molar-refractivity contribution in [1.82, 2.24) is 9.97 Å². The first-order valence-electron chi connectivity index (χ1n) is 6.57. The molecule has 0 bridgehead atoms. The number of nitriles is 1. The van der Waals surface area contributed by atoms with Crippen molar-refractivity contribution in [2.75, 3.05) is 5.32 Å². The van der Waals surface area contributed by atoms with Crippen molar-refractivity contribution < 1.29 is 13.5 Å². The molecule has 0 fully saturated rings. The average Bonchev–Trinajstić information content (AvgIpc) is 2.47. The van der Waals surface area contributed by atoms with Gasteiger partial charge in [0.25, 0.3) is 5.88 Å². The SMILES string of the molecule is Cc1c(F)ccc(Nc2ncnc(OC(C)C)c2F)c1C#N. The standard InChI is InChI=1S/C15H14F2N4O/c1-8(2)22-15-13(17)14(19-7-20-15)21-12-5-4-11(16)9(3)10(12)6-18/h4-5,7-8H,1-3H3,(H,19,20,21). The van der Waals surface area contributed by atoms with Crippen molar-refractivity contribution in [2.45, 2.75) is 26.9 Å². The summed E-state index contributed by atoms with van der Waals surface area (Å²) in [4.78, 5) is 7.51. The molecule has 0 unspecified atom stereocenters. The number of halogens is 2. The maximum atomic E-state index is 14.3. The molecule has 1 heterocycles. The maximum absolute atomic E-state index is 14.3. The summed E-state index contributed by atoms with van der Waals surface area (Å²) in [6.07, 6.45) is 0.894. The molecule has 22 heavy (non-hydrogen) atoms. The molecule has 0 aliphatic rings. The van der Waals surface area contributed by atoms with E-state index < -0.39 is 11.6 Å². The number of aromatic nitrogens is 2. The van der Waals surface area contributed by atoms with E-state index in [9.17, 15) is 8.78 Å². The van der Waals surface area contributed by atoms with E-state index in [1.54, 1.807) is 13.8 Å². The van der Waals surface area contributed by atoms with Gasteiger partial charge in [0.05, 0.1) is 17.4 Å². The first-order valence-corrected chi connectivity index (χ1v) is 6.57. The van der Waals surface area contributed by atoms with E-state index in [1.807, 2.05) is 6.07 Å². The van der Waals surface area contributed by atoms with Crippen LogP contribution in [-0.4, -0.2) is 16.1 Å². The molecule has 0 spiro atoms. The third-order valence-electron chi connectivity index (χ3n) is 2.87. The van der Waals surface area contributed by atoms with Gasteiger partial charge in [-0.05, 0) is 32.9 Å². The van der Waals surface area contributed by atoms with Gasteiger partial charge in [-0.2, -0.15) is 14.6 Å². The predicted molar refractivity (Wildman–Crippen MR) is 76.9 cm³/mol. The molecule has 1 aromatic carbocycles. The molecule has 114 valence electrons. The number of benzene rings is 1. The fourth-order valence-electron chi connectivity index (χ4n) is 1.81. The van der Waals surface area contributed by atoms with E-state index in [2.05, 4.69) is 15.3 Å². The van der Waals surface area contributed by atoms with Gasteiger partial charge in [0.2, 0.25) is 5.82 Å². The highest BCUT2D eigenvalue weighted by atomic mass is 19.1. The number of ether oxygens (including phenoxy) is 1. The smallest absolute Gasteiger partial charge is 0.256 e. The first-order chi connectivity index (χ1) is 10.4. The molecule has 1 N–H and O–H groups in total. The zero-order valence-electron chi connectivity index (χ0n) is 12.3. The second-order valence-electron chi connectivity index (χ2n) is 4.84. The summed E-state index contributed by atoms with van der Waals surface area (Å²) in [7, 11) is 0. The molecular formula is C15H14F2N4O. The predicted octanol–water partition coefficient (Wildman–Crippen LogP) is 3.47. The number of hydrogen-bond donors (Lipinski definition) is 1. The topological polar surface area (TPSA) is 70.8 Å². The highest BCUT2D eigenvalue weighted by molar-refractivity contribution is 5.67. The van der Waals surface area contributed by atoms with Crippen molar-refractivity contribution in [3.05, 3.63) is 41.2 Å². The normalized spacial score (nSPS) is 10.4. The van der Waals surface area contributed by atoms with E-state index in [0.717, 1.165) is 6.33 Å². The Labute approximate surface area is 126 Å². The van der Waals surface area contributed by atoms with E-state index in [0.29, 0.717) is 0 Å². The average molecular weight is 304 g/mol. The lowest BCUT2D eigenvalue weighted by Gasteiger charge is -2.13. The number of nitrogens with one attached hydrogen (secondary N) is 1. The Morgan fingerprint density at radius 2 is 2.00 bits per heavy atom. The lowest BCUT2D eigenvalue weighted by molar-refractivity contribution is 0.220. The Morgan fingerprint density at radius 3 is 2.64 bits per heavy atom. The third kappa shape index (κ3) is 3.11. The fourth-order valence-corrected chi connectivity index (χ4v) is 1.81. The van der Waals surface area contributed by atoms with Crippen LogP contribution in [0.25, 0.3) is 0 Å². The van der Waals surface area contributed by atoms with Gasteiger partial charge in [0.15, 0.2) is 5.82 Å². The van der Waals surface area contributed by atoms with Gasteiger partial charge in [0.1, 0.15) is 18.2 Å². The second kappa shape index (κ2) is 6.35. The minimum atomic E-state index is -0.776. The number of rotatable bonds is 4. The zero-order valence-corrected chi connectivity index (χ0v) is 12.3. The summed E-state index contributed by atoms with van der Waals surface area (Å²) in [5.41, 5.74) is 0.527. The van der Waals surface area contributed by atoms with Crippen molar-refractivity contribution in [3.63, 3.8) is 0 Å². The fraction of sp³-hybridized carbons (Fsp3) is 0.267. The third-order valence-corrected chi connectivity index (χ3v) is 2.87. The van der Waals surface area contributed by atoms with Crippen LogP contribution >= 0.6 is 0 Å². The van der Waals surface area contributed by atoms with Crippen LogP contribution < -0.4 is 10.1 Å². The second-order valence-corrected chi connectivity index (χ2v) is 4.84. The van der Waals surface area contributed by atoms with Gasteiger partial charge in [-0.25, -0.2) is 9.37 Å². The minimum Gasteiger partial charge on any atom is -0.473 e. The number of anilines is 2. The lowest BCUT2D eigenvalue weighted by Crippen LogP contribution is -2.10. The summed E-state index contributed by atoms with van der Waals surface area (Å²) in [5, 5.41) is 11.8. The highest BCUT2D eigenvalue weighted by Gasteiger charge is 2.16. The molecule has 0 radical (unpaired) electrons. The molecule has 7 heteroatoms. The van der Waals surface area contributed by atoms with Crippen LogP contribution in [0.2, 0.25) is 0 Å². The van der Waals surface area contributed by atoms with Crippen molar-refractivity contribution in [3.8, 4) is 11.9 Å². The molecule has 2 rings (SSSR count). The number of nitrogens with zero attached hydrogens (tertiary/aromatic N) is 3. The van der Waals surface area contributed by atoms with Gasteiger partial charge >= 0.3 is 0 Å². The van der Waals surface area contributed by atoms with E-state index in [1.165, 1.54) is 19.1 Å². The largest absolute Gasteiger partial charge is 0.473 e. The summed E-state index contributed by atoms with van der Waals surface area (Å²) in [6, 6.07) is 4.44. The molecule has 0 saturated heterocycles. The van der Waals surface area contributed by atoms with Crippen LogP contribution in [0.5, 0.6) is 5.88 Å². The van der Waals surface area contributed by atoms with Gasteiger partial charge in [0, 0.05) is 5.56 Å². The van der Waals surface area contributed by atoms with Crippen LogP contribution in [-0.2, 0) is 0 Å². The van der Waals surface area contributed by atoms with Crippen LogP contribution in [0.4, 0.5) is 20.3 Å². The summed E-state index contributed by atoms with van der Waals surface area (Å²) >= 11 is 0. The molecule has 0 amide bonds. The summed E-state index contributed by atoms with van der Waals surface area (Å²) < 4.78 is 33.0. The van der Waals surface area contributed by atoms with Gasteiger partial charge in [-0.3, -0.25) is 0 Å². The van der Waals surface area contributed by atoms with Gasteiger partial charge in [-0.15, -0.1) is 0 Å². The van der Waals surface area contributed by atoms with E-state index in [-0.39, 0.29) is 34.6 Å². The van der Waals surface area contributed by atoms with Crippen LogP contribution in [0.15, 0.2) is 18.5 Å². The summed E-state index contributed by atoms with van der Waals surface area (Å²) in [6.45, 7) is 4.96. The summed E-state index contributed by atoms with van der Waals surface area (Å²) in [5.74, 6) is -1.62. The Hall–Kier alpha value is -2.75. The van der Waals surface area contributed by atoms with Crippen LogP contribution in [0, 0.1) is 29.9 Å². The van der Waals surface area contributed by atoms with Crippen molar-refractivity contribution in [1.29, 1.82) is 5.26 Å². The zero-order chi connectivity index (χ0) is 16.3. The van der Waals surface area contributed by atoms with Gasteiger partial charge in [-0.1, -0.05) is 0 Å². The molecule has 5 nitrogen and oxygen atoms in total. The van der Waals surface area contributed by atoms with Crippen molar-refractivity contribution in [2.24, 2.45) is 0 Å². The van der Waals surface area contributed by atoms with Crippen molar-refractivity contribution >= 4 is 11.5 Å². The number of hydrogen-bond acceptors (Lipinski definition) is 5. The molecule has 2 aromatic rings. The monoisotopic (exact) mass is 304 g/mol. The van der Waals surface area contributed by atoms with E-state index >= 15 is 0 Å². The molecule has 0 atom stereocenters. The lowest BCUT2D eigenvalue weighted by atomic mass is 10.1. The molecule has 0 aliphatic heterocycles. The quantitative estimate of drug-likeness (QED) is 0.936. The highest BCUT2D eigenvalue weighted by Crippen LogP contribution is 2.27. The molecule has 1 aromatic heterocycles. The molecular weight excluding hydrogens is 290 g/mol. The minimum absolute atomic E-state index is 0.0874. The van der Waals surface area contributed by atoms with Gasteiger partial charge < -0.3 is 10.1 Å². The Kier molecular flexibility index (Phi) is 4.51.